The molecule has 25 heavy (non-hydrogen) atoms. The van der Waals surface area contributed by atoms with Crippen molar-refractivity contribution in [2.45, 2.75) is 13.0 Å². The highest BCUT2D eigenvalue weighted by Gasteiger charge is 2.21. The van der Waals surface area contributed by atoms with Crippen molar-refractivity contribution in [3.05, 3.63) is 59.4 Å². The van der Waals surface area contributed by atoms with Crippen molar-refractivity contribution in [1.29, 1.82) is 0 Å². The van der Waals surface area contributed by atoms with Crippen molar-refractivity contribution in [3.8, 4) is 5.75 Å². The largest absolute Gasteiger partial charge is 0.494 e. The van der Waals surface area contributed by atoms with E-state index in [1.807, 2.05) is 0 Å². The molecule has 5 nitrogen and oxygen atoms in total. The molecular formula is C17H14F3NO4. The van der Waals surface area contributed by atoms with Gasteiger partial charge in [0.15, 0.2) is 17.7 Å². The maximum Gasteiger partial charge on any atom is 0.339 e. The molecule has 0 aliphatic rings. The van der Waals surface area contributed by atoms with Crippen molar-refractivity contribution in [2.75, 3.05) is 12.4 Å². The highest BCUT2D eigenvalue weighted by Crippen LogP contribution is 2.19. The third kappa shape index (κ3) is 4.50. The average molecular weight is 353 g/mol. The van der Waals surface area contributed by atoms with Crippen LogP contribution >= 0.6 is 0 Å². The van der Waals surface area contributed by atoms with Gasteiger partial charge < -0.3 is 14.8 Å². The molecule has 0 fully saturated rings. The van der Waals surface area contributed by atoms with Gasteiger partial charge in [0.2, 0.25) is 0 Å². The van der Waals surface area contributed by atoms with Gasteiger partial charge in [-0.3, -0.25) is 4.79 Å². The number of esters is 1. The van der Waals surface area contributed by atoms with Crippen LogP contribution in [0.1, 0.15) is 17.3 Å². The van der Waals surface area contributed by atoms with E-state index in [0.717, 1.165) is 18.2 Å². The molecule has 8 heteroatoms. The molecule has 0 saturated carbocycles. The predicted octanol–water partition coefficient (Wildman–Crippen LogP) is 3.30. The second-order valence-corrected chi connectivity index (χ2v) is 5.01. The van der Waals surface area contributed by atoms with Gasteiger partial charge in [-0.15, -0.1) is 0 Å². The highest BCUT2D eigenvalue weighted by atomic mass is 19.1. The van der Waals surface area contributed by atoms with Crippen LogP contribution in [-0.2, 0) is 9.53 Å². The normalized spacial score (nSPS) is 11.6. The van der Waals surface area contributed by atoms with E-state index in [1.54, 1.807) is 0 Å². The summed E-state index contributed by atoms with van der Waals surface area (Å²) in [6, 6.07) is 6.03. The SMILES string of the molecule is COc1ccc(C(=O)O[C@H](C)C(=O)Nc2ccc(F)cc2F)cc1F. The smallest absolute Gasteiger partial charge is 0.339 e. The van der Waals surface area contributed by atoms with Crippen LogP contribution in [0.5, 0.6) is 5.75 Å². The quantitative estimate of drug-likeness (QED) is 0.838. The summed E-state index contributed by atoms with van der Waals surface area (Å²) in [7, 11) is 1.28. The number of carbonyl (C=O) groups is 2. The molecule has 132 valence electrons. The summed E-state index contributed by atoms with van der Waals surface area (Å²) < 4.78 is 49.6. The zero-order valence-electron chi connectivity index (χ0n) is 13.3. The maximum atomic E-state index is 13.6. The van der Waals surface area contributed by atoms with E-state index in [1.165, 1.54) is 26.2 Å². The van der Waals surface area contributed by atoms with Crippen LogP contribution in [0.4, 0.5) is 18.9 Å². The van der Waals surface area contributed by atoms with Crippen LogP contribution in [0, 0.1) is 17.5 Å². The van der Waals surface area contributed by atoms with Gasteiger partial charge >= 0.3 is 5.97 Å². The topological polar surface area (TPSA) is 64.6 Å². The molecule has 2 rings (SSSR count). The van der Waals surface area contributed by atoms with Gasteiger partial charge in [0.05, 0.1) is 18.4 Å². The molecule has 0 bridgehead atoms. The van der Waals surface area contributed by atoms with E-state index in [4.69, 9.17) is 9.47 Å². The monoisotopic (exact) mass is 353 g/mol. The minimum atomic E-state index is -1.29. The minimum absolute atomic E-state index is 0.0471. The second-order valence-electron chi connectivity index (χ2n) is 5.01. The third-order valence-electron chi connectivity index (χ3n) is 3.23. The summed E-state index contributed by atoms with van der Waals surface area (Å²) in [6.07, 6.45) is -1.29. The number of halogens is 3. The van der Waals surface area contributed by atoms with E-state index in [2.05, 4.69) is 5.32 Å². The molecule has 0 unspecified atom stereocenters. The number of nitrogens with one attached hydrogen (secondary N) is 1. The molecule has 0 spiro atoms. The zero-order valence-corrected chi connectivity index (χ0v) is 13.3. The summed E-state index contributed by atoms with van der Waals surface area (Å²) in [6.45, 7) is 1.26. The maximum absolute atomic E-state index is 13.6. The molecule has 1 atom stereocenters. The number of rotatable bonds is 5. The van der Waals surface area contributed by atoms with Crippen LogP contribution in [0.2, 0.25) is 0 Å². The Hall–Kier alpha value is -3.03. The van der Waals surface area contributed by atoms with E-state index >= 15 is 0 Å². The van der Waals surface area contributed by atoms with Crippen molar-refractivity contribution < 1.29 is 32.2 Å². The fourth-order valence-electron chi connectivity index (χ4n) is 1.90. The zero-order chi connectivity index (χ0) is 18.6. The Balaban J connectivity index is 2.02. The number of carbonyl (C=O) groups excluding carboxylic acids is 2. The van der Waals surface area contributed by atoms with Crippen LogP contribution < -0.4 is 10.1 Å². The van der Waals surface area contributed by atoms with Crippen molar-refractivity contribution in [1.82, 2.24) is 0 Å². The fraction of sp³-hybridized carbons (Fsp3) is 0.176. The van der Waals surface area contributed by atoms with Crippen LogP contribution in [0.25, 0.3) is 0 Å². The average Bonchev–Trinajstić information content (AvgIpc) is 2.57. The molecule has 0 radical (unpaired) electrons. The number of amides is 1. The molecular weight excluding hydrogens is 339 g/mol. The fourth-order valence-corrected chi connectivity index (χ4v) is 1.90. The lowest BCUT2D eigenvalue weighted by atomic mass is 10.2. The summed E-state index contributed by atoms with van der Waals surface area (Å²) in [5.74, 6) is -4.34. The van der Waals surface area contributed by atoms with E-state index in [9.17, 15) is 22.8 Å². The Morgan fingerprint density at radius 2 is 1.76 bits per heavy atom. The molecule has 2 aromatic rings. The summed E-state index contributed by atoms with van der Waals surface area (Å²) >= 11 is 0. The van der Waals surface area contributed by atoms with Gasteiger partial charge in [-0.25, -0.2) is 18.0 Å². The standard InChI is InChI=1S/C17H14F3NO4/c1-9(16(22)21-14-5-4-11(18)8-12(14)19)25-17(23)10-3-6-15(24-2)13(20)7-10/h3-9H,1-2H3,(H,21,22)/t9-/m1/s1. The van der Waals surface area contributed by atoms with Crippen molar-refractivity contribution in [3.63, 3.8) is 0 Å². The van der Waals surface area contributed by atoms with Crippen LogP contribution in [0.3, 0.4) is 0 Å². The second kappa shape index (κ2) is 7.69. The summed E-state index contributed by atoms with van der Waals surface area (Å²) in [4.78, 5) is 23.9. The van der Waals surface area contributed by atoms with E-state index in [-0.39, 0.29) is 17.0 Å². The van der Waals surface area contributed by atoms with E-state index in [0.29, 0.717) is 6.07 Å². The summed E-state index contributed by atoms with van der Waals surface area (Å²) in [5.41, 5.74) is -0.379. The first-order valence-corrected chi connectivity index (χ1v) is 7.12. The number of hydrogen-bond acceptors (Lipinski definition) is 4. The Morgan fingerprint density at radius 1 is 1.04 bits per heavy atom. The number of ether oxygens (including phenoxy) is 2. The first-order chi connectivity index (χ1) is 11.8. The molecule has 0 aliphatic heterocycles. The molecule has 2 aromatic carbocycles. The Kier molecular flexibility index (Phi) is 5.63. The van der Waals surface area contributed by atoms with Gasteiger partial charge in [0.25, 0.3) is 5.91 Å². The minimum Gasteiger partial charge on any atom is -0.494 e. The van der Waals surface area contributed by atoms with E-state index < -0.39 is 35.4 Å². The highest BCUT2D eigenvalue weighted by molar-refractivity contribution is 5.97. The van der Waals surface area contributed by atoms with Crippen molar-refractivity contribution >= 4 is 17.6 Å². The lowest BCUT2D eigenvalue weighted by molar-refractivity contribution is -0.123. The molecule has 0 saturated heterocycles. The van der Waals surface area contributed by atoms with Crippen LogP contribution in [-0.4, -0.2) is 25.1 Å². The lowest BCUT2D eigenvalue weighted by Gasteiger charge is -2.14. The lowest BCUT2D eigenvalue weighted by Crippen LogP contribution is -2.30. The molecule has 0 aliphatic carbocycles. The number of hydrogen-bond donors (Lipinski definition) is 1. The Bertz CT molecular complexity index is 810. The molecule has 1 amide bonds. The number of anilines is 1. The predicted molar refractivity (Wildman–Crippen MR) is 82.8 cm³/mol. The van der Waals surface area contributed by atoms with Gasteiger partial charge in [0.1, 0.15) is 11.6 Å². The van der Waals surface area contributed by atoms with Crippen molar-refractivity contribution in [2.24, 2.45) is 0 Å². The van der Waals surface area contributed by atoms with Gasteiger partial charge in [-0.05, 0) is 37.3 Å². The van der Waals surface area contributed by atoms with Crippen LogP contribution in [0.15, 0.2) is 36.4 Å². The molecule has 0 aromatic heterocycles. The summed E-state index contributed by atoms with van der Waals surface area (Å²) in [5, 5.41) is 2.17. The van der Waals surface area contributed by atoms with Gasteiger partial charge in [-0.2, -0.15) is 0 Å². The number of methoxy groups -OCH3 is 1. The Labute approximate surface area is 141 Å². The Morgan fingerprint density at radius 3 is 2.36 bits per heavy atom. The first-order valence-electron chi connectivity index (χ1n) is 7.12. The van der Waals surface area contributed by atoms with Gasteiger partial charge in [-0.1, -0.05) is 0 Å². The molecule has 0 heterocycles. The van der Waals surface area contributed by atoms with Gasteiger partial charge in [0, 0.05) is 6.07 Å². The number of benzene rings is 2. The first kappa shape index (κ1) is 18.3. The third-order valence-corrected chi connectivity index (χ3v) is 3.23. The molecule has 1 N–H and O–H groups in total.